The number of hydrogen-bond acceptors (Lipinski definition) is 2. The zero-order valence-electron chi connectivity index (χ0n) is 9.19. The second kappa shape index (κ2) is 4.78. The van der Waals surface area contributed by atoms with E-state index in [0.29, 0.717) is 5.57 Å². The SMILES string of the molecule is C=C/C=C\C1=C(C=C)C(=O)OC1C(C)C. The van der Waals surface area contributed by atoms with Crippen molar-refractivity contribution in [2.75, 3.05) is 0 Å². The van der Waals surface area contributed by atoms with Crippen LogP contribution in [0.4, 0.5) is 0 Å². The molecule has 2 nitrogen and oxygen atoms in total. The minimum absolute atomic E-state index is 0.165. The van der Waals surface area contributed by atoms with Crippen molar-refractivity contribution in [1.29, 1.82) is 0 Å². The Hall–Kier alpha value is -1.57. The molecule has 0 amide bonds. The summed E-state index contributed by atoms with van der Waals surface area (Å²) in [6.07, 6.45) is 6.72. The summed E-state index contributed by atoms with van der Waals surface area (Å²) < 4.78 is 5.27. The third-order valence-corrected chi connectivity index (χ3v) is 2.29. The van der Waals surface area contributed by atoms with Crippen LogP contribution in [0.15, 0.2) is 48.6 Å². The molecule has 1 rings (SSSR count). The summed E-state index contributed by atoms with van der Waals surface area (Å²) in [5, 5.41) is 0. The molecule has 15 heavy (non-hydrogen) atoms. The van der Waals surface area contributed by atoms with E-state index in [1.54, 1.807) is 18.2 Å². The van der Waals surface area contributed by atoms with Crippen molar-refractivity contribution in [3.8, 4) is 0 Å². The second-order valence-electron chi connectivity index (χ2n) is 3.74. The molecular formula is C13H16O2. The Balaban J connectivity index is 3.12. The van der Waals surface area contributed by atoms with Gasteiger partial charge in [0.15, 0.2) is 0 Å². The fourth-order valence-corrected chi connectivity index (χ4v) is 1.57. The largest absolute Gasteiger partial charge is 0.454 e. The maximum Gasteiger partial charge on any atom is 0.339 e. The van der Waals surface area contributed by atoms with E-state index in [-0.39, 0.29) is 18.0 Å². The fourth-order valence-electron chi connectivity index (χ4n) is 1.57. The normalized spacial score (nSPS) is 21.3. The first-order valence-corrected chi connectivity index (χ1v) is 4.98. The van der Waals surface area contributed by atoms with Gasteiger partial charge in [0, 0.05) is 5.57 Å². The van der Waals surface area contributed by atoms with Gasteiger partial charge < -0.3 is 4.74 Å². The lowest BCUT2D eigenvalue weighted by Gasteiger charge is -2.15. The topological polar surface area (TPSA) is 26.3 Å². The van der Waals surface area contributed by atoms with E-state index >= 15 is 0 Å². The lowest BCUT2D eigenvalue weighted by atomic mass is 9.96. The predicted octanol–water partition coefficient (Wildman–Crippen LogP) is 2.79. The Labute approximate surface area is 90.6 Å². The minimum Gasteiger partial charge on any atom is -0.454 e. The van der Waals surface area contributed by atoms with Crippen LogP contribution in [-0.4, -0.2) is 12.1 Å². The zero-order valence-corrected chi connectivity index (χ0v) is 9.19. The average molecular weight is 204 g/mol. The third kappa shape index (κ3) is 2.27. The summed E-state index contributed by atoms with van der Waals surface area (Å²) in [5.74, 6) is -0.0247. The predicted molar refractivity (Wildman–Crippen MR) is 61.3 cm³/mol. The van der Waals surface area contributed by atoms with E-state index in [0.717, 1.165) is 5.57 Å². The number of esters is 1. The molecule has 1 heterocycles. The van der Waals surface area contributed by atoms with Crippen LogP contribution in [0, 0.1) is 5.92 Å². The Morgan fingerprint density at radius 3 is 2.53 bits per heavy atom. The molecule has 0 aromatic heterocycles. The Morgan fingerprint density at radius 2 is 2.07 bits per heavy atom. The maximum atomic E-state index is 11.5. The van der Waals surface area contributed by atoms with E-state index in [9.17, 15) is 4.79 Å². The molecule has 1 aliphatic heterocycles. The van der Waals surface area contributed by atoms with E-state index in [1.807, 2.05) is 19.9 Å². The Kier molecular flexibility index (Phi) is 3.67. The summed E-state index contributed by atoms with van der Waals surface area (Å²) >= 11 is 0. The number of hydrogen-bond donors (Lipinski definition) is 0. The second-order valence-corrected chi connectivity index (χ2v) is 3.74. The van der Waals surface area contributed by atoms with Gasteiger partial charge in [-0.25, -0.2) is 4.79 Å². The van der Waals surface area contributed by atoms with E-state index in [2.05, 4.69) is 13.2 Å². The highest BCUT2D eigenvalue weighted by Gasteiger charge is 2.32. The van der Waals surface area contributed by atoms with Gasteiger partial charge in [-0.3, -0.25) is 0 Å². The van der Waals surface area contributed by atoms with Gasteiger partial charge in [-0.2, -0.15) is 0 Å². The molecule has 0 radical (unpaired) electrons. The van der Waals surface area contributed by atoms with Gasteiger partial charge in [0.2, 0.25) is 0 Å². The lowest BCUT2D eigenvalue weighted by Crippen LogP contribution is -2.17. The van der Waals surface area contributed by atoms with Crippen LogP contribution in [0.1, 0.15) is 13.8 Å². The summed E-state index contributed by atoms with van der Waals surface area (Å²) in [7, 11) is 0. The molecule has 0 N–H and O–H groups in total. The molecule has 0 saturated heterocycles. The van der Waals surface area contributed by atoms with Crippen molar-refractivity contribution in [2.45, 2.75) is 20.0 Å². The van der Waals surface area contributed by atoms with Crippen LogP contribution >= 0.6 is 0 Å². The van der Waals surface area contributed by atoms with Crippen LogP contribution in [0.3, 0.4) is 0 Å². The van der Waals surface area contributed by atoms with E-state index in [1.165, 1.54) is 0 Å². The number of allylic oxidation sites excluding steroid dienone is 2. The molecule has 1 atom stereocenters. The lowest BCUT2D eigenvalue weighted by molar-refractivity contribution is -0.140. The van der Waals surface area contributed by atoms with Gasteiger partial charge in [-0.15, -0.1) is 0 Å². The zero-order chi connectivity index (χ0) is 11.4. The van der Waals surface area contributed by atoms with Crippen molar-refractivity contribution in [3.63, 3.8) is 0 Å². The number of cyclic esters (lactones) is 1. The van der Waals surface area contributed by atoms with Gasteiger partial charge in [-0.1, -0.05) is 51.3 Å². The smallest absolute Gasteiger partial charge is 0.339 e. The van der Waals surface area contributed by atoms with Gasteiger partial charge >= 0.3 is 5.97 Å². The summed E-state index contributed by atoms with van der Waals surface area (Å²) in [6, 6.07) is 0. The first kappa shape index (κ1) is 11.5. The van der Waals surface area contributed by atoms with Crippen LogP contribution < -0.4 is 0 Å². The highest BCUT2D eigenvalue weighted by atomic mass is 16.5. The number of carbonyl (C=O) groups excluding carboxylic acids is 1. The van der Waals surface area contributed by atoms with Crippen LogP contribution in [0.25, 0.3) is 0 Å². The third-order valence-electron chi connectivity index (χ3n) is 2.29. The molecule has 0 aromatic carbocycles. The van der Waals surface area contributed by atoms with Gasteiger partial charge in [0.05, 0.1) is 5.57 Å². The summed E-state index contributed by atoms with van der Waals surface area (Å²) in [4.78, 5) is 11.5. The molecule has 80 valence electrons. The van der Waals surface area contributed by atoms with Crippen LogP contribution in [0.2, 0.25) is 0 Å². The quantitative estimate of drug-likeness (QED) is 0.520. The first-order valence-electron chi connectivity index (χ1n) is 4.98. The summed E-state index contributed by atoms with van der Waals surface area (Å²) in [6.45, 7) is 11.3. The molecule has 0 aromatic rings. The van der Waals surface area contributed by atoms with Gasteiger partial charge in [0.1, 0.15) is 6.10 Å². The van der Waals surface area contributed by atoms with Crippen molar-refractivity contribution in [1.82, 2.24) is 0 Å². The van der Waals surface area contributed by atoms with Gasteiger partial charge in [-0.05, 0) is 5.92 Å². The first-order chi connectivity index (χ1) is 7.11. The monoisotopic (exact) mass is 204 g/mol. The fraction of sp³-hybridized carbons (Fsp3) is 0.308. The molecule has 0 spiro atoms. The number of rotatable bonds is 4. The molecule has 1 aliphatic rings. The molecule has 0 saturated carbocycles. The Morgan fingerprint density at radius 1 is 1.40 bits per heavy atom. The van der Waals surface area contributed by atoms with Crippen molar-refractivity contribution < 1.29 is 9.53 Å². The van der Waals surface area contributed by atoms with E-state index < -0.39 is 0 Å². The number of carbonyl (C=O) groups is 1. The highest BCUT2D eigenvalue weighted by molar-refractivity contribution is 5.96. The molecule has 2 heteroatoms. The minimum atomic E-state index is -0.285. The van der Waals surface area contributed by atoms with Crippen LogP contribution in [0.5, 0.6) is 0 Å². The van der Waals surface area contributed by atoms with E-state index in [4.69, 9.17) is 4.74 Å². The molecule has 1 unspecified atom stereocenters. The maximum absolute atomic E-state index is 11.5. The van der Waals surface area contributed by atoms with Crippen LogP contribution in [-0.2, 0) is 9.53 Å². The molecule has 0 bridgehead atoms. The molecule has 0 aliphatic carbocycles. The Bertz CT molecular complexity index is 346. The standard InChI is InChI=1S/C13H16O2/c1-5-7-8-11-10(6-2)13(14)15-12(11)9(3)4/h5-9,12H,1-2H2,3-4H3/b8-7-. The van der Waals surface area contributed by atoms with Crippen molar-refractivity contribution >= 4 is 5.97 Å². The van der Waals surface area contributed by atoms with Crippen molar-refractivity contribution in [3.05, 3.63) is 48.6 Å². The molecule has 0 fully saturated rings. The van der Waals surface area contributed by atoms with Crippen molar-refractivity contribution in [2.24, 2.45) is 5.92 Å². The number of ether oxygens (including phenoxy) is 1. The highest BCUT2D eigenvalue weighted by Crippen LogP contribution is 2.29. The average Bonchev–Trinajstić information content (AvgIpc) is 2.51. The molecular weight excluding hydrogens is 188 g/mol. The summed E-state index contributed by atoms with van der Waals surface area (Å²) in [5.41, 5.74) is 1.46. The van der Waals surface area contributed by atoms with Gasteiger partial charge in [0.25, 0.3) is 0 Å².